The van der Waals surface area contributed by atoms with Crippen molar-refractivity contribution in [3.8, 4) is 46.0 Å². The molecule has 2 N–H and O–H groups in total. The van der Waals surface area contributed by atoms with Crippen molar-refractivity contribution >= 4 is 0 Å². The smallest absolute Gasteiger partial charge is 0.169 e. The number of ether oxygens (including phenoxy) is 4. The van der Waals surface area contributed by atoms with E-state index in [0.29, 0.717) is 34.5 Å². The molecule has 46 heavy (non-hydrogen) atoms. The van der Waals surface area contributed by atoms with E-state index in [0.717, 1.165) is 62.7 Å². The van der Waals surface area contributed by atoms with Crippen molar-refractivity contribution in [3.05, 3.63) is 94.0 Å². The van der Waals surface area contributed by atoms with Crippen molar-refractivity contribution in [1.82, 2.24) is 9.80 Å². The monoisotopic (exact) mass is 622 g/mol. The van der Waals surface area contributed by atoms with Gasteiger partial charge in [-0.05, 0) is 128 Å². The summed E-state index contributed by atoms with van der Waals surface area (Å²) in [6, 6.07) is 19.7. The van der Waals surface area contributed by atoms with E-state index in [-0.39, 0.29) is 23.6 Å². The largest absolute Gasteiger partial charge is 0.508 e. The van der Waals surface area contributed by atoms with Crippen molar-refractivity contribution in [2.45, 2.75) is 50.6 Å². The number of fused-ring (bicyclic) bond motifs is 5. The third kappa shape index (κ3) is 5.72. The van der Waals surface area contributed by atoms with Crippen molar-refractivity contribution in [2.24, 2.45) is 0 Å². The molecule has 0 fully saturated rings. The van der Waals surface area contributed by atoms with Gasteiger partial charge in [-0.1, -0.05) is 12.1 Å². The molecule has 3 aliphatic rings. The highest BCUT2D eigenvalue weighted by Gasteiger charge is 2.30. The van der Waals surface area contributed by atoms with Crippen LogP contribution in [0.25, 0.3) is 0 Å². The molecule has 6 bridgehead atoms. The zero-order valence-electron chi connectivity index (χ0n) is 27.0. The average Bonchev–Trinajstić information content (AvgIpc) is 3.05. The van der Waals surface area contributed by atoms with E-state index in [2.05, 4.69) is 48.2 Å². The van der Waals surface area contributed by atoms with Crippen LogP contribution in [-0.4, -0.2) is 61.4 Å². The highest BCUT2D eigenvalue weighted by Crippen LogP contribution is 2.45. The molecule has 2 unspecified atom stereocenters. The zero-order valence-corrected chi connectivity index (χ0v) is 27.0. The lowest BCUT2D eigenvalue weighted by atomic mass is 9.88. The summed E-state index contributed by atoms with van der Waals surface area (Å²) in [6.07, 6.45) is 5.04. The first-order valence-corrected chi connectivity index (χ1v) is 16.1. The molecule has 240 valence electrons. The van der Waals surface area contributed by atoms with Crippen LogP contribution in [0.2, 0.25) is 0 Å². The maximum Gasteiger partial charge on any atom is 0.169 e. The van der Waals surface area contributed by atoms with Gasteiger partial charge in [0.1, 0.15) is 11.5 Å². The molecule has 0 aliphatic carbocycles. The molecule has 0 saturated carbocycles. The molecule has 8 nitrogen and oxygen atoms in total. The second-order valence-corrected chi connectivity index (χ2v) is 12.8. The summed E-state index contributed by atoms with van der Waals surface area (Å²) in [7, 11) is 7.66. The normalized spacial score (nSPS) is 19.8. The minimum absolute atomic E-state index is 0.0944. The van der Waals surface area contributed by atoms with Gasteiger partial charge in [0.2, 0.25) is 0 Å². The number of likely N-dealkylation sites (N-methyl/N-ethyl adjacent to an activating group) is 2. The Morgan fingerprint density at radius 3 is 1.80 bits per heavy atom. The van der Waals surface area contributed by atoms with Crippen molar-refractivity contribution in [2.75, 3.05) is 41.4 Å². The number of nitrogens with zero attached hydrogens (tertiary/aromatic N) is 2. The van der Waals surface area contributed by atoms with E-state index >= 15 is 0 Å². The quantitative estimate of drug-likeness (QED) is 0.240. The molecular weight excluding hydrogens is 580 g/mol. The lowest BCUT2D eigenvalue weighted by Crippen LogP contribution is -2.32. The van der Waals surface area contributed by atoms with Gasteiger partial charge in [0, 0.05) is 31.2 Å². The first-order chi connectivity index (χ1) is 22.3. The summed E-state index contributed by atoms with van der Waals surface area (Å²) in [5.74, 6) is 3.86. The second kappa shape index (κ2) is 12.4. The number of methoxy groups -OCH3 is 2. The Morgan fingerprint density at radius 2 is 1.20 bits per heavy atom. The maximum absolute atomic E-state index is 10.9. The van der Waals surface area contributed by atoms with Gasteiger partial charge < -0.3 is 29.2 Å². The summed E-state index contributed by atoms with van der Waals surface area (Å²) in [5.41, 5.74) is 6.98. The van der Waals surface area contributed by atoms with Gasteiger partial charge in [0.25, 0.3) is 0 Å². The van der Waals surface area contributed by atoms with Gasteiger partial charge >= 0.3 is 0 Å². The van der Waals surface area contributed by atoms with Crippen LogP contribution in [0.3, 0.4) is 0 Å². The van der Waals surface area contributed by atoms with Crippen LogP contribution < -0.4 is 18.9 Å². The molecule has 0 spiro atoms. The lowest BCUT2D eigenvalue weighted by molar-refractivity contribution is 0.218. The molecule has 0 amide bonds. The van der Waals surface area contributed by atoms with Gasteiger partial charge in [0.15, 0.2) is 34.5 Å². The van der Waals surface area contributed by atoms with Gasteiger partial charge in [-0.15, -0.1) is 0 Å². The summed E-state index contributed by atoms with van der Waals surface area (Å²) < 4.78 is 24.7. The number of hydrogen-bond acceptors (Lipinski definition) is 8. The molecule has 3 heterocycles. The first kappa shape index (κ1) is 30.3. The van der Waals surface area contributed by atoms with Crippen LogP contribution >= 0.6 is 0 Å². The third-order valence-electron chi connectivity index (χ3n) is 10.0. The van der Waals surface area contributed by atoms with Gasteiger partial charge in [0.05, 0.1) is 14.2 Å². The van der Waals surface area contributed by atoms with Crippen molar-refractivity contribution < 1.29 is 29.2 Å². The van der Waals surface area contributed by atoms with Crippen LogP contribution in [-0.2, 0) is 25.7 Å². The average molecular weight is 623 g/mol. The Kier molecular flexibility index (Phi) is 8.17. The Morgan fingerprint density at radius 1 is 0.609 bits per heavy atom. The molecule has 4 aromatic carbocycles. The van der Waals surface area contributed by atoms with Gasteiger partial charge in [-0.25, -0.2) is 0 Å². The third-order valence-corrected chi connectivity index (χ3v) is 10.0. The Balaban J connectivity index is 1.37. The SMILES string of the molecule is COc1cc2c3cc1Oc1cc(ccc1O)CCC1c4cc(c(OC)cc4CCN1C)Oc1cc(O)ccc1CCC3N(C)CC2. The molecule has 4 aromatic rings. The standard InChI is InChI=1S/C38H42N2O6/c1-39-15-13-25-18-35(43-3)37-21-28(25)30(39)10-5-23-6-12-32(42)34(17-23)46-38-22-29-26(19-36(38)44-4)14-16-40(2)31(29)11-8-24-7-9-27(41)20-33(24)45-37/h6-7,9,12,17-22,30-31,41-42H,5,8,10-11,13-16H2,1-4H3. The summed E-state index contributed by atoms with van der Waals surface area (Å²) >= 11 is 0. The highest BCUT2D eigenvalue weighted by atomic mass is 16.5. The van der Waals surface area contributed by atoms with Gasteiger partial charge in [-0.2, -0.15) is 0 Å². The molecule has 2 atom stereocenters. The molecule has 0 radical (unpaired) electrons. The Labute approximate surface area is 270 Å². The predicted octanol–water partition coefficient (Wildman–Crippen LogP) is 7.34. The van der Waals surface area contributed by atoms with Crippen LogP contribution in [0.1, 0.15) is 58.3 Å². The number of aromatic hydroxyl groups is 2. The molecule has 8 heteroatoms. The van der Waals surface area contributed by atoms with Crippen LogP contribution in [0, 0.1) is 0 Å². The number of rotatable bonds is 2. The van der Waals surface area contributed by atoms with Crippen molar-refractivity contribution in [3.63, 3.8) is 0 Å². The summed E-state index contributed by atoms with van der Waals surface area (Å²) in [5, 5.41) is 21.4. The summed E-state index contributed by atoms with van der Waals surface area (Å²) in [4.78, 5) is 4.77. The number of benzene rings is 4. The first-order valence-electron chi connectivity index (χ1n) is 16.1. The lowest BCUT2D eigenvalue weighted by Gasteiger charge is -2.35. The maximum atomic E-state index is 10.9. The minimum atomic E-state index is 0.0944. The number of phenolic OH excluding ortho intramolecular Hbond substituents is 2. The van der Waals surface area contributed by atoms with E-state index in [9.17, 15) is 10.2 Å². The van der Waals surface area contributed by atoms with Crippen molar-refractivity contribution in [1.29, 1.82) is 0 Å². The van der Waals surface area contributed by atoms with Gasteiger partial charge in [-0.3, -0.25) is 9.80 Å². The molecule has 0 aromatic heterocycles. The van der Waals surface area contributed by atoms with Crippen LogP contribution in [0.4, 0.5) is 0 Å². The fourth-order valence-corrected chi connectivity index (χ4v) is 7.37. The predicted molar refractivity (Wildman–Crippen MR) is 177 cm³/mol. The second-order valence-electron chi connectivity index (χ2n) is 12.8. The van der Waals surface area contributed by atoms with E-state index < -0.39 is 0 Å². The van der Waals surface area contributed by atoms with E-state index in [1.165, 1.54) is 22.3 Å². The fraction of sp³-hybridized carbons (Fsp3) is 0.368. The number of hydrogen-bond donors (Lipinski definition) is 2. The molecule has 3 aliphatic heterocycles. The molecular formula is C38H42N2O6. The van der Waals surface area contributed by atoms with Crippen LogP contribution in [0.15, 0.2) is 60.7 Å². The topological polar surface area (TPSA) is 83.9 Å². The van der Waals surface area contributed by atoms with Crippen LogP contribution in [0.5, 0.6) is 46.0 Å². The molecule has 0 saturated heterocycles. The zero-order chi connectivity index (χ0) is 31.9. The minimum Gasteiger partial charge on any atom is -0.508 e. The number of aryl methyl sites for hydroxylation is 2. The van der Waals surface area contributed by atoms with E-state index in [4.69, 9.17) is 18.9 Å². The Hall–Kier alpha value is -4.40. The fourth-order valence-electron chi connectivity index (χ4n) is 7.37. The van der Waals surface area contributed by atoms with E-state index in [1.807, 2.05) is 18.2 Å². The number of phenols is 2. The molecule has 7 rings (SSSR count). The Bertz CT molecular complexity index is 1770. The summed E-state index contributed by atoms with van der Waals surface area (Å²) in [6.45, 7) is 1.86. The highest BCUT2D eigenvalue weighted by molar-refractivity contribution is 5.55. The van der Waals surface area contributed by atoms with E-state index in [1.54, 1.807) is 32.4 Å².